The maximum absolute atomic E-state index is 10.1. The molecule has 0 spiro atoms. The summed E-state index contributed by atoms with van der Waals surface area (Å²) in [6.07, 6.45) is 6.20. The first-order valence-electron chi connectivity index (χ1n) is 7.85. The van der Waals surface area contributed by atoms with E-state index in [-0.39, 0.29) is 12.1 Å². The number of nitrogens with zero attached hydrogens (tertiary/aromatic N) is 3. The first-order chi connectivity index (χ1) is 10.6. The largest absolute Gasteiger partial charge is 0.393 e. The molecule has 1 atom stereocenters. The third kappa shape index (κ3) is 2.02. The van der Waals surface area contributed by atoms with Crippen molar-refractivity contribution in [3.63, 3.8) is 0 Å². The fraction of sp³-hybridized carbons (Fsp3) is 0.500. The molecule has 0 aromatic carbocycles. The minimum Gasteiger partial charge on any atom is -0.393 e. The van der Waals surface area contributed by atoms with Gasteiger partial charge in [-0.15, -0.1) is 0 Å². The second-order valence-corrected chi connectivity index (χ2v) is 6.21. The third-order valence-electron chi connectivity index (χ3n) is 4.67. The second-order valence-electron chi connectivity index (χ2n) is 6.21. The van der Waals surface area contributed by atoms with Crippen LogP contribution in [0.15, 0.2) is 18.5 Å². The van der Waals surface area contributed by atoms with Crippen LogP contribution < -0.4 is 0 Å². The van der Waals surface area contributed by atoms with Crippen LogP contribution >= 0.6 is 0 Å². The number of imidazole rings is 1. The van der Waals surface area contributed by atoms with Gasteiger partial charge in [-0.2, -0.15) is 0 Å². The van der Waals surface area contributed by atoms with Gasteiger partial charge in [0.25, 0.3) is 0 Å². The minimum atomic E-state index is -0.631. The van der Waals surface area contributed by atoms with Gasteiger partial charge in [0.1, 0.15) is 23.1 Å². The van der Waals surface area contributed by atoms with Crippen LogP contribution in [-0.4, -0.2) is 35.8 Å². The Labute approximate surface area is 127 Å². The van der Waals surface area contributed by atoms with Crippen molar-refractivity contribution < 1.29 is 10.2 Å². The Bertz CT molecular complexity index is 812. The molecule has 6 heteroatoms. The van der Waals surface area contributed by atoms with E-state index in [1.165, 1.54) is 0 Å². The number of pyridine rings is 1. The van der Waals surface area contributed by atoms with Gasteiger partial charge in [0.05, 0.1) is 17.8 Å². The molecular weight excluding hydrogens is 280 g/mol. The molecule has 3 aromatic heterocycles. The van der Waals surface area contributed by atoms with E-state index in [9.17, 15) is 10.2 Å². The van der Waals surface area contributed by atoms with Crippen molar-refractivity contribution in [1.29, 1.82) is 0 Å². The molecule has 6 nitrogen and oxygen atoms in total. The molecule has 0 unspecified atom stereocenters. The molecule has 3 heterocycles. The Morgan fingerprint density at radius 1 is 1.32 bits per heavy atom. The van der Waals surface area contributed by atoms with Crippen molar-refractivity contribution >= 4 is 22.1 Å². The lowest BCUT2D eigenvalue weighted by Gasteiger charge is -2.29. The number of H-pyrrole nitrogens is 1. The molecule has 3 N–H and O–H groups in total. The van der Waals surface area contributed by atoms with Crippen molar-refractivity contribution in [2.24, 2.45) is 0 Å². The summed E-state index contributed by atoms with van der Waals surface area (Å²) >= 11 is 0. The highest BCUT2D eigenvalue weighted by Gasteiger charge is 2.27. The van der Waals surface area contributed by atoms with Gasteiger partial charge in [-0.05, 0) is 38.7 Å². The van der Waals surface area contributed by atoms with E-state index >= 15 is 0 Å². The van der Waals surface area contributed by atoms with E-state index in [0.29, 0.717) is 5.82 Å². The average Bonchev–Trinajstić information content (AvgIpc) is 3.11. The topological polar surface area (TPSA) is 87.0 Å². The number of aliphatic hydroxyl groups excluding tert-OH is 2. The predicted molar refractivity (Wildman–Crippen MR) is 83.5 cm³/mol. The van der Waals surface area contributed by atoms with Gasteiger partial charge in [-0.25, -0.2) is 9.97 Å². The first kappa shape index (κ1) is 13.7. The number of fused-ring (bicyclic) bond motifs is 3. The van der Waals surface area contributed by atoms with Crippen LogP contribution in [0.25, 0.3) is 22.1 Å². The predicted octanol–water partition coefficient (Wildman–Crippen LogP) is 2.44. The Morgan fingerprint density at radius 2 is 2.09 bits per heavy atom. The highest BCUT2D eigenvalue weighted by molar-refractivity contribution is 6.01. The van der Waals surface area contributed by atoms with Crippen LogP contribution in [0.5, 0.6) is 0 Å². The molecule has 1 aliphatic rings. The van der Waals surface area contributed by atoms with Crippen molar-refractivity contribution in [2.75, 3.05) is 0 Å². The van der Waals surface area contributed by atoms with Crippen LogP contribution in [0, 0.1) is 0 Å². The Morgan fingerprint density at radius 3 is 2.82 bits per heavy atom. The average molecular weight is 300 g/mol. The van der Waals surface area contributed by atoms with E-state index in [1.54, 1.807) is 13.1 Å². The zero-order valence-corrected chi connectivity index (χ0v) is 12.5. The summed E-state index contributed by atoms with van der Waals surface area (Å²) < 4.78 is 2.17. The van der Waals surface area contributed by atoms with E-state index in [1.807, 2.05) is 12.3 Å². The Balaban J connectivity index is 1.96. The summed E-state index contributed by atoms with van der Waals surface area (Å²) in [4.78, 5) is 12.1. The third-order valence-corrected chi connectivity index (χ3v) is 4.67. The SMILES string of the molecule is C[C@@H](O)c1nc2cnc3[nH]ccc3c2n1[C@H]1CC[C@H](O)CC1. The van der Waals surface area contributed by atoms with Crippen LogP contribution in [0.2, 0.25) is 0 Å². The summed E-state index contributed by atoms with van der Waals surface area (Å²) in [5.74, 6) is 0.687. The normalized spacial score (nSPS) is 24.1. The van der Waals surface area contributed by atoms with Crippen molar-refractivity contribution in [1.82, 2.24) is 19.5 Å². The van der Waals surface area contributed by atoms with Gasteiger partial charge < -0.3 is 19.8 Å². The quantitative estimate of drug-likeness (QED) is 0.678. The minimum absolute atomic E-state index is 0.199. The number of hydrogen-bond donors (Lipinski definition) is 3. The molecule has 3 aromatic rings. The van der Waals surface area contributed by atoms with E-state index < -0.39 is 6.10 Å². The smallest absolute Gasteiger partial charge is 0.139 e. The van der Waals surface area contributed by atoms with Gasteiger partial charge in [-0.1, -0.05) is 0 Å². The van der Waals surface area contributed by atoms with Crippen molar-refractivity contribution in [3.8, 4) is 0 Å². The fourth-order valence-electron chi connectivity index (χ4n) is 3.59. The first-order valence-corrected chi connectivity index (χ1v) is 7.85. The molecule has 1 saturated carbocycles. The zero-order valence-electron chi connectivity index (χ0n) is 12.5. The molecule has 116 valence electrons. The summed E-state index contributed by atoms with van der Waals surface area (Å²) in [5, 5.41) is 20.9. The number of aromatic amines is 1. The number of hydrogen-bond acceptors (Lipinski definition) is 4. The van der Waals surface area contributed by atoms with Gasteiger partial charge in [0, 0.05) is 17.6 Å². The Hall–Kier alpha value is -1.92. The summed E-state index contributed by atoms with van der Waals surface area (Å²) in [6, 6.07) is 2.27. The molecule has 0 aliphatic heterocycles. The molecule has 4 rings (SSSR count). The molecular formula is C16H20N4O2. The summed E-state index contributed by atoms with van der Waals surface area (Å²) in [6.45, 7) is 1.75. The van der Waals surface area contributed by atoms with Gasteiger partial charge >= 0.3 is 0 Å². The molecule has 1 fully saturated rings. The highest BCUT2D eigenvalue weighted by atomic mass is 16.3. The number of aromatic nitrogens is 4. The lowest BCUT2D eigenvalue weighted by Crippen LogP contribution is -2.23. The molecule has 0 amide bonds. The molecule has 0 saturated heterocycles. The summed E-state index contributed by atoms with van der Waals surface area (Å²) in [7, 11) is 0. The number of nitrogens with one attached hydrogen (secondary N) is 1. The monoisotopic (exact) mass is 300 g/mol. The maximum Gasteiger partial charge on any atom is 0.139 e. The number of rotatable bonds is 2. The Kier molecular flexibility index (Phi) is 3.16. The zero-order chi connectivity index (χ0) is 15.3. The lowest BCUT2D eigenvalue weighted by molar-refractivity contribution is 0.107. The van der Waals surface area contributed by atoms with Gasteiger partial charge in [0.15, 0.2) is 0 Å². The van der Waals surface area contributed by atoms with Gasteiger partial charge in [0.2, 0.25) is 0 Å². The second kappa shape index (κ2) is 5.07. The van der Waals surface area contributed by atoms with E-state index in [4.69, 9.17) is 0 Å². The lowest BCUT2D eigenvalue weighted by atomic mass is 9.92. The van der Waals surface area contributed by atoms with Crippen molar-refractivity contribution in [2.45, 2.75) is 50.9 Å². The highest BCUT2D eigenvalue weighted by Crippen LogP contribution is 2.36. The maximum atomic E-state index is 10.1. The molecule has 22 heavy (non-hydrogen) atoms. The van der Waals surface area contributed by atoms with Crippen molar-refractivity contribution in [3.05, 3.63) is 24.3 Å². The molecule has 0 radical (unpaired) electrons. The van der Waals surface area contributed by atoms with E-state index in [0.717, 1.165) is 47.8 Å². The van der Waals surface area contributed by atoms with Crippen LogP contribution in [-0.2, 0) is 0 Å². The standard InChI is InChI=1S/C16H20N4O2/c1-9(21)16-19-13-8-18-15-12(6-7-17-15)14(13)20(16)10-2-4-11(22)5-3-10/h6-11,21-22H,2-5H2,1H3,(H,17,18)/t9-,10-,11-/m1/s1. The molecule has 0 bridgehead atoms. The van der Waals surface area contributed by atoms with Crippen LogP contribution in [0.3, 0.4) is 0 Å². The summed E-state index contributed by atoms with van der Waals surface area (Å²) in [5.41, 5.74) is 2.68. The number of aliphatic hydroxyl groups is 2. The van der Waals surface area contributed by atoms with Crippen LogP contribution in [0.1, 0.15) is 50.6 Å². The fourth-order valence-corrected chi connectivity index (χ4v) is 3.59. The van der Waals surface area contributed by atoms with Crippen LogP contribution in [0.4, 0.5) is 0 Å². The van der Waals surface area contributed by atoms with E-state index in [2.05, 4.69) is 19.5 Å². The van der Waals surface area contributed by atoms with Gasteiger partial charge in [-0.3, -0.25) is 0 Å². The molecule has 1 aliphatic carbocycles.